The summed E-state index contributed by atoms with van der Waals surface area (Å²) in [5.41, 5.74) is 1.41. The van der Waals surface area contributed by atoms with E-state index >= 15 is 0 Å². The van der Waals surface area contributed by atoms with Crippen LogP contribution in [0.5, 0.6) is 0 Å². The molecule has 1 unspecified atom stereocenters. The van der Waals surface area contributed by atoms with Gasteiger partial charge in [-0.2, -0.15) is 0 Å². The Morgan fingerprint density at radius 2 is 2.42 bits per heavy atom. The smallest absolute Gasteiger partial charge is 0.260 e. The summed E-state index contributed by atoms with van der Waals surface area (Å²) in [6.45, 7) is 1.20. The Hall–Kier alpha value is -0.730. The number of carbonyl (C=O) groups excluding carboxylic acids is 1. The third kappa shape index (κ3) is 4.12. The van der Waals surface area contributed by atoms with E-state index in [0.717, 1.165) is 19.3 Å². The van der Waals surface area contributed by atoms with Gasteiger partial charge < -0.3 is 19.9 Å². The van der Waals surface area contributed by atoms with Crippen molar-refractivity contribution >= 4 is 5.91 Å². The number of methoxy groups -OCH3 is 1. The molecule has 0 aromatic rings. The highest BCUT2D eigenvalue weighted by Crippen LogP contribution is 2.20. The molecule has 2 fully saturated rings. The largest absolute Gasteiger partial charge is 0.386 e. The standard InChI is InChI=1S/C12H22N2O5/c1-17-8-12(16)6-9(13-7-12)11(15)14-19-10-4-2-3-5-18-10/h9-10,13,16H,2-8H2,1H3,(H,14,15)/t9-,10?,12+/m0/s1. The summed E-state index contributed by atoms with van der Waals surface area (Å²) < 4.78 is 10.3. The molecule has 0 spiro atoms. The van der Waals surface area contributed by atoms with Crippen molar-refractivity contribution in [3.8, 4) is 0 Å². The van der Waals surface area contributed by atoms with Gasteiger partial charge in [0.05, 0.1) is 12.6 Å². The molecule has 0 radical (unpaired) electrons. The van der Waals surface area contributed by atoms with Crippen LogP contribution < -0.4 is 10.8 Å². The lowest BCUT2D eigenvalue weighted by Gasteiger charge is -2.23. The van der Waals surface area contributed by atoms with E-state index < -0.39 is 11.6 Å². The summed E-state index contributed by atoms with van der Waals surface area (Å²) in [7, 11) is 1.52. The molecule has 110 valence electrons. The molecule has 2 heterocycles. The number of hydroxylamine groups is 1. The van der Waals surface area contributed by atoms with Gasteiger partial charge in [0, 0.05) is 33.1 Å². The first-order valence-electron chi connectivity index (χ1n) is 6.65. The van der Waals surface area contributed by atoms with Crippen molar-refractivity contribution in [1.82, 2.24) is 10.8 Å². The van der Waals surface area contributed by atoms with Crippen molar-refractivity contribution in [2.24, 2.45) is 0 Å². The third-order valence-electron chi connectivity index (χ3n) is 3.42. The molecule has 0 aromatic heterocycles. The number of ether oxygens (including phenoxy) is 2. The Balaban J connectivity index is 1.72. The molecule has 7 heteroatoms. The molecule has 7 nitrogen and oxygen atoms in total. The van der Waals surface area contributed by atoms with Crippen LogP contribution in [0.25, 0.3) is 0 Å². The predicted octanol–water partition coefficient (Wildman–Crippen LogP) is -0.700. The number of hydrogen-bond donors (Lipinski definition) is 3. The van der Waals surface area contributed by atoms with Crippen LogP contribution >= 0.6 is 0 Å². The molecule has 2 aliphatic heterocycles. The van der Waals surface area contributed by atoms with E-state index in [2.05, 4.69) is 10.8 Å². The van der Waals surface area contributed by atoms with Crippen LogP contribution in [0.1, 0.15) is 25.7 Å². The highest BCUT2D eigenvalue weighted by atomic mass is 16.8. The van der Waals surface area contributed by atoms with Gasteiger partial charge in [-0.25, -0.2) is 10.3 Å². The molecule has 2 rings (SSSR count). The summed E-state index contributed by atoms with van der Waals surface area (Å²) in [5, 5.41) is 13.1. The van der Waals surface area contributed by atoms with Gasteiger partial charge in [0.1, 0.15) is 5.60 Å². The molecule has 2 saturated heterocycles. The van der Waals surface area contributed by atoms with Crippen molar-refractivity contribution in [2.75, 3.05) is 26.9 Å². The van der Waals surface area contributed by atoms with Gasteiger partial charge in [-0.15, -0.1) is 0 Å². The molecule has 0 bridgehead atoms. The SMILES string of the molecule is COC[C@]1(O)CN[C@H](C(=O)NOC2CCCCO2)C1. The van der Waals surface area contributed by atoms with E-state index in [0.29, 0.717) is 19.6 Å². The normalized spacial score (nSPS) is 35.3. The van der Waals surface area contributed by atoms with E-state index in [1.807, 2.05) is 0 Å². The van der Waals surface area contributed by atoms with Gasteiger partial charge in [-0.3, -0.25) is 4.79 Å². The lowest BCUT2D eigenvalue weighted by Crippen LogP contribution is -2.43. The Morgan fingerprint density at radius 1 is 1.58 bits per heavy atom. The van der Waals surface area contributed by atoms with Crippen molar-refractivity contribution in [3.05, 3.63) is 0 Å². The van der Waals surface area contributed by atoms with Crippen LogP contribution in [0, 0.1) is 0 Å². The number of nitrogens with one attached hydrogen (secondary N) is 2. The monoisotopic (exact) mass is 274 g/mol. The maximum atomic E-state index is 11.9. The van der Waals surface area contributed by atoms with E-state index in [4.69, 9.17) is 14.3 Å². The van der Waals surface area contributed by atoms with Crippen molar-refractivity contribution in [2.45, 2.75) is 43.6 Å². The maximum Gasteiger partial charge on any atom is 0.260 e. The van der Waals surface area contributed by atoms with E-state index in [1.54, 1.807) is 0 Å². The molecule has 2 aliphatic rings. The van der Waals surface area contributed by atoms with Crippen LogP contribution in [0.15, 0.2) is 0 Å². The Labute approximate surface area is 112 Å². The molecular weight excluding hydrogens is 252 g/mol. The van der Waals surface area contributed by atoms with E-state index in [1.165, 1.54) is 7.11 Å². The predicted molar refractivity (Wildman–Crippen MR) is 66.1 cm³/mol. The fourth-order valence-corrected chi connectivity index (χ4v) is 2.40. The molecule has 19 heavy (non-hydrogen) atoms. The van der Waals surface area contributed by atoms with Crippen LogP contribution in [0.2, 0.25) is 0 Å². The van der Waals surface area contributed by atoms with Gasteiger partial charge in [0.15, 0.2) is 6.29 Å². The minimum Gasteiger partial charge on any atom is -0.386 e. The van der Waals surface area contributed by atoms with Gasteiger partial charge in [-0.1, -0.05) is 0 Å². The van der Waals surface area contributed by atoms with Crippen LogP contribution in [0.4, 0.5) is 0 Å². The number of β-amino-alcohol motifs (C(OH)–C–C–N with tert-alkyl or cyclic N) is 1. The number of rotatable bonds is 5. The molecule has 3 N–H and O–H groups in total. The van der Waals surface area contributed by atoms with Gasteiger partial charge in [-0.05, 0) is 12.8 Å². The summed E-state index contributed by atoms with van der Waals surface area (Å²) in [4.78, 5) is 17.1. The molecular formula is C12H22N2O5. The van der Waals surface area contributed by atoms with Crippen LogP contribution in [-0.4, -0.2) is 55.8 Å². The average molecular weight is 274 g/mol. The number of aliphatic hydroxyl groups is 1. The van der Waals surface area contributed by atoms with Gasteiger partial charge in [0.2, 0.25) is 0 Å². The first kappa shape index (κ1) is 14.7. The second kappa shape index (κ2) is 6.62. The summed E-state index contributed by atoms with van der Waals surface area (Å²) in [6, 6.07) is -0.469. The maximum absolute atomic E-state index is 11.9. The first-order valence-corrected chi connectivity index (χ1v) is 6.65. The number of hydrogen-bond acceptors (Lipinski definition) is 6. The molecule has 0 saturated carbocycles. The van der Waals surface area contributed by atoms with E-state index in [-0.39, 0.29) is 18.8 Å². The summed E-state index contributed by atoms with van der Waals surface area (Å²) in [6.07, 6.45) is 2.79. The molecule has 0 aromatic carbocycles. The lowest BCUT2D eigenvalue weighted by molar-refractivity contribution is -0.201. The van der Waals surface area contributed by atoms with Crippen molar-refractivity contribution < 1.29 is 24.2 Å². The lowest BCUT2D eigenvalue weighted by atomic mass is 10.0. The highest BCUT2D eigenvalue weighted by molar-refractivity contribution is 5.81. The molecule has 1 amide bonds. The fraction of sp³-hybridized carbons (Fsp3) is 0.917. The third-order valence-corrected chi connectivity index (χ3v) is 3.42. The quantitative estimate of drug-likeness (QED) is 0.575. The Kier molecular flexibility index (Phi) is 5.12. The van der Waals surface area contributed by atoms with Crippen LogP contribution in [0.3, 0.4) is 0 Å². The first-order chi connectivity index (χ1) is 9.13. The summed E-state index contributed by atoms with van der Waals surface area (Å²) in [5.74, 6) is -0.291. The summed E-state index contributed by atoms with van der Waals surface area (Å²) >= 11 is 0. The van der Waals surface area contributed by atoms with Gasteiger partial charge in [0.25, 0.3) is 5.91 Å². The van der Waals surface area contributed by atoms with E-state index in [9.17, 15) is 9.90 Å². The topological polar surface area (TPSA) is 89.1 Å². The fourth-order valence-electron chi connectivity index (χ4n) is 2.40. The second-order valence-corrected chi connectivity index (χ2v) is 5.18. The zero-order chi connectivity index (χ0) is 13.7. The molecule has 3 atom stereocenters. The van der Waals surface area contributed by atoms with Gasteiger partial charge >= 0.3 is 0 Å². The minimum absolute atomic E-state index is 0.205. The average Bonchev–Trinajstić information content (AvgIpc) is 2.80. The molecule has 0 aliphatic carbocycles. The zero-order valence-electron chi connectivity index (χ0n) is 11.2. The minimum atomic E-state index is -0.988. The second-order valence-electron chi connectivity index (χ2n) is 5.18. The Morgan fingerprint density at radius 3 is 3.11 bits per heavy atom. The van der Waals surface area contributed by atoms with Crippen molar-refractivity contribution in [1.29, 1.82) is 0 Å². The zero-order valence-corrected chi connectivity index (χ0v) is 11.2. The highest BCUT2D eigenvalue weighted by Gasteiger charge is 2.40. The number of carbonyl (C=O) groups is 1. The van der Waals surface area contributed by atoms with Crippen LogP contribution in [-0.2, 0) is 19.1 Å². The Bertz CT molecular complexity index is 308. The number of amides is 1. The van der Waals surface area contributed by atoms with Crippen molar-refractivity contribution in [3.63, 3.8) is 0 Å².